The zero-order valence-electron chi connectivity index (χ0n) is 14.7. The molecule has 1 N–H and O–H groups in total. The number of carbonyl (C=O) groups is 1. The molecule has 1 heterocycles. The Labute approximate surface area is 144 Å². The lowest BCUT2D eigenvalue weighted by molar-refractivity contribution is 0.0920. The molecule has 0 radical (unpaired) electrons. The van der Waals surface area contributed by atoms with Crippen molar-refractivity contribution in [3.8, 4) is 11.5 Å². The second-order valence-corrected chi connectivity index (χ2v) is 7.00. The first-order valence-electron chi connectivity index (χ1n) is 8.99. The monoisotopic (exact) mass is 332 g/mol. The summed E-state index contributed by atoms with van der Waals surface area (Å²) in [6, 6.07) is 5.78. The first-order chi connectivity index (χ1) is 11.6. The molecule has 3 rings (SSSR count). The quantitative estimate of drug-likeness (QED) is 0.901. The maximum atomic E-state index is 12.5. The molecule has 1 fully saturated rings. The van der Waals surface area contributed by atoms with Crippen molar-refractivity contribution >= 4 is 5.91 Å². The van der Waals surface area contributed by atoms with E-state index in [1.165, 1.54) is 32.1 Å². The van der Waals surface area contributed by atoms with Gasteiger partial charge in [-0.25, -0.2) is 0 Å². The Morgan fingerprint density at radius 1 is 1.17 bits per heavy atom. The van der Waals surface area contributed by atoms with Crippen LogP contribution < -0.4 is 14.8 Å². The van der Waals surface area contributed by atoms with Gasteiger partial charge < -0.3 is 19.7 Å². The third kappa shape index (κ3) is 4.01. The van der Waals surface area contributed by atoms with Crippen molar-refractivity contribution in [3.63, 3.8) is 0 Å². The van der Waals surface area contributed by atoms with E-state index in [9.17, 15) is 4.79 Å². The highest BCUT2D eigenvalue weighted by molar-refractivity contribution is 5.94. The Kier molecular flexibility index (Phi) is 5.61. The van der Waals surface area contributed by atoms with Crippen LogP contribution in [-0.4, -0.2) is 50.7 Å². The average Bonchev–Trinajstić information content (AvgIpc) is 2.62. The SMILES string of the molecule is CN(C)[C@@H](CNC(=O)c1ccc2c(c1)OCCO2)C1CCCCC1. The molecule has 2 aliphatic rings. The molecule has 5 heteroatoms. The van der Waals surface area contributed by atoms with Crippen LogP contribution in [-0.2, 0) is 0 Å². The third-order valence-corrected chi connectivity index (χ3v) is 5.13. The Bertz CT molecular complexity index is 568. The average molecular weight is 332 g/mol. The van der Waals surface area contributed by atoms with Gasteiger partial charge in [-0.15, -0.1) is 0 Å². The third-order valence-electron chi connectivity index (χ3n) is 5.13. The summed E-state index contributed by atoms with van der Waals surface area (Å²) in [7, 11) is 4.21. The number of nitrogens with zero attached hydrogens (tertiary/aromatic N) is 1. The Balaban J connectivity index is 1.61. The molecule has 1 atom stereocenters. The molecule has 1 aliphatic carbocycles. The lowest BCUT2D eigenvalue weighted by Gasteiger charge is -2.35. The molecule has 1 aliphatic heterocycles. The van der Waals surface area contributed by atoms with E-state index in [-0.39, 0.29) is 5.91 Å². The summed E-state index contributed by atoms with van der Waals surface area (Å²) in [5.41, 5.74) is 0.625. The van der Waals surface area contributed by atoms with E-state index in [4.69, 9.17) is 9.47 Å². The number of nitrogens with one attached hydrogen (secondary N) is 1. The number of rotatable bonds is 5. The van der Waals surface area contributed by atoms with Crippen LogP contribution in [0.15, 0.2) is 18.2 Å². The Hall–Kier alpha value is -1.75. The van der Waals surface area contributed by atoms with E-state index in [2.05, 4.69) is 24.3 Å². The van der Waals surface area contributed by atoms with Gasteiger partial charge in [0.2, 0.25) is 0 Å². The molecule has 5 nitrogen and oxygen atoms in total. The van der Waals surface area contributed by atoms with Crippen LogP contribution in [0.5, 0.6) is 11.5 Å². The van der Waals surface area contributed by atoms with Gasteiger partial charge >= 0.3 is 0 Å². The van der Waals surface area contributed by atoms with E-state index in [1.807, 2.05) is 6.07 Å². The highest BCUT2D eigenvalue weighted by Gasteiger charge is 2.26. The largest absolute Gasteiger partial charge is 0.486 e. The van der Waals surface area contributed by atoms with Gasteiger partial charge in [-0.1, -0.05) is 19.3 Å². The second kappa shape index (κ2) is 7.88. The van der Waals surface area contributed by atoms with Gasteiger partial charge in [0, 0.05) is 18.2 Å². The van der Waals surface area contributed by atoms with Crippen molar-refractivity contribution < 1.29 is 14.3 Å². The number of benzene rings is 1. The van der Waals surface area contributed by atoms with Crippen LogP contribution in [0.1, 0.15) is 42.5 Å². The first-order valence-corrected chi connectivity index (χ1v) is 8.99. The normalized spacial score (nSPS) is 19.1. The van der Waals surface area contributed by atoms with Crippen LogP contribution in [0, 0.1) is 5.92 Å². The van der Waals surface area contributed by atoms with Gasteiger partial charge in [-0.05, 0) is 51.1 Å². The predicted octanol–water partition coefficient (Wildman–Crippen LogP) is 2.70. The van der Waals surface area contributed by atoms with Gasteiger partial charge in [0.15, 0.2) is 11.5 Å². The van der Waals surface area contributed by atoms with Gasteiger partial charge in [0.05, 0.1) is 0 Å². The molecule has 0 spiro atoms. The first kappa shape index (κ1) is 17.1. The van der Waals surface area contributed by atoms with Crippen molar-refractivity contribution in [2.24, 2.45) is 5.92 Å². The number of hydrogen-bond acceptors (Lipinski definition) is 4. The smallest absolute Gasteiger partial charge is 0.251 e. The summed E-state index contributed by atoms with van der Waals surface area (Å²) in [5, 5.41) is 3.11. The molecule has 24 heavy (non-hydrogen) atoms. The fourth-order valence-electron chi connectivity index (χ4n) is 3.77. The summed E-state index contributed by atoms with van der Waals surface area (Å²) >= 11 is 0. The summed E-state index contributed by atoms with van der Waals surface area (Å²) < 4.78 is 11.1. The maximum Gasteiger partial charge on any atom is 0.251 e. The van der Waals surface area contributed by atoms with Crippen molar-refractivity contribution in [1.29, 1.82) is 0 Å². The van der Waals surface area contributed by atoms with Crippen LogP contribution in [0.3, 0.4) is 0 Å². The molecule has 0 saturated heterocycles. The van der Waals surface area contributed by atoms with Crippen LogP contribution in [0.25, 0.3) is 0 Å². The molecule has 1 aromatic carbocycles. The molecule has 0 unspecified atom stereocenters. The summed E-state index contributed by atoms with van der Waals surface area (Å²) in [6.07, 6.45) is 6.50. The number of carbonyl (C=O) groups excluding carboxylic acids is 1. The summed E-state index contributed by atoms with van der Waals surface area (Å²) in [6.45, 7) is 1.78. The van der Waals surface area contributed by atoms with Crippen LogP contribution >= 0.6 is 0 Å². The second-order valence-electron chi connectivity index (χ2n) is 7.00. The van der Waals surface area contributed by atoms with Crippen molar-refractivity contribution in [3.05, 3.63) is 23.8 Å². The number of amides is 1. The number of ether oxygens (including phenoxy) is 2. The van der Waals surface area contributed by atoms with E-state index >= 15 is 0 Å². The van der Waals surface area contributed by atoms with Gasteiger partial charge in [0.25, 0.3) is 5.91 Å². The molecule has 1 saturated carbocycles. The van der Waals surface area contributed by atoms with E-state index in [0.717, 1.165) is 0 Å². The van der Waals surface area contributed by atoms with Crippen molar-refractivity contribution in [2.45, 2.75) is 38.1 Å². The minimum Gasteiger partial charge on any atom is -0.486 e. The van der Waals surface area contributed by atoms with Crippen LogP contribution in [0.2, 0.25) is 0 Å². The zero-order chi connectivity index (χ0) is 16.9. The lowest BCUT2D eigenvalue weighted by atomic mass is 9.83. The van der Waals surface area contributed by atoms with Gasteiger partial charge in [-0.3, -0.25) is 4.79 Å². The van der Waals surface area contributed by atoms with E-state index in [0.29, 0.717) is 48.8 Å². The fourth-order valence-corrected chi connectivity index (χ4v) is 3.77. The summed E-state index contributed by atoms with van der Waals surface area (Å²) in [4.78, 5) is 14.8. The highest BCUT2D eigenvalue weighted by Crippen LogP contribution is 2.31. The van der Waals surface area contributed by atoms with Crippen LogP contribution in [0.4, 0.5) is 0 Å². The minimum absolute atomic E-state index is 0.0466. The van der Waals surface area contributed by atoms with E-state index < -0.39 is 0 Å². The molecule has 1 amide bonds. The van der Waals surface area contributed by atoms with Gasteiger partial charge in [0.1, 0.15) is 13.2 Å². The summed E-state index contributed by atoms with van der Waals surface area (Å²) in [5.74, 6) is 2.00. The minimum atomic E-state index is -0.0466. The fraction of sp³-hybridized carbons (Fsp3) is 0.632. The molecule has 0 bridgehead atoms. The number of fused-ring (bicyclic) bond motifs is 1. The van der Waals surface area contributed by atoms with Crippen molar-refractivity contribution in [1.82, 2.24) is 10.2 Å². The van der Waals surface area contributed by atoms with Gasteiger partial charge in [-0.2, -0.15) is 0 Å². The molecule has 1 aromatic rings. The topological polar surface area (TPSA) is 50.8 Å². The molecular weight excluding hydrogens is 304 g/mol. The molecular formula is C19H28N2O3. The number of likely N-dealkylation sites (N-methyl/N-ethyl adjacent to an activating group) is 1. The standard InChI is InChI=1S/C19H28N2O3/c1-21(2)16(14-6-4-3-5-7-14)13-20-19(22)15-8-9-17-18(12-15)24-11-10-23-17/h8-9,12,14,16H,3-7,10-11,13H2,1-2H3,(H,20,22)/t16-/m0/s1. The Morgan fingerprint density at radius 2 is 1.88 bits per heavy atom. The lowest BCUT2D eigenvalue weighted by Crippen LogP contribution is -2.45. The predicted molar refractivity (Wildman–Crippen MR) is 93.8 cm³/mol. The maximum absolute atomic E-state index is 12.5. The Morgan fingerprint density at radius 3 is 2.58 bits per heavy atom. The number of hydrogen-bond donors (Lipinski definition) is 1. The zero-order valence-corrected chi connectivity index (χ0v) is 14.7. The molecule has 132 valence electrons. The van der Waals surface area contributed by atoms with E-state index in [1.54, 1.807) is 12.1 Å². The van der Waals surface area contributed by atoms with Crippen molar-refractivity contribution in [2.75, 3.05) is 33.9 Å². The highest BCUT2D eigenvalue weighted by atomic mass is 16.6. The molecule has 0 aromatic heterocycles.